The van der Waals surface area contributed by atoms with Crippen LogP contribution in [0.4, 0.5) is 23.4 Å². The lowest BCUT2D eigenvalue weighted by Gasteiger charge is -2.27. The van der Waals surface area contributed by atoms with Crippen LogP contribution in [-0.2, 0) is 59.6 Å². The number of anilines is 3. The number of aryl methyl sites for hydroxylation is 1. The number of methoxy groups -OCH3 is 1. The van der Waals surface area contributed by atoms with Gasteiger partial charge in [-0.2, -0.15) is 9.97 Å². The van der Waals surface area contributed by atoms with Gasteiger partial charge in [0.2, 0.25) is 11.9 Å². The summed E-state index contributed by atoms with van der Waals surface area (Å²) in [6.45, 7) is -1.61. The molecule has 0 aromatic carbocycles. The normalized spacial score (nSPS) is 31.9. The Hall–Kier alpha value is -4.84. The number of nitrogens with two attached hydrogens (primary N) is 3. The molecule has 5 aromatic heterocycles. The second-order valence-corrected chi connectivity index (χ2v) is 24.5. The Morgan fingerprint density at radius 2 is 1.32 bits per heavy atom. The average Bonchev–Trinajstić information content (AvgIpc) is 4.17. The van der Waals surface area contributed by atoms with Gasteiger partial charge in [0.15, 0.2) is 41.0 Å². The predicted molar refractivity (Wildman–Crippen MR) is 249 cm³/mol. The van der Waals surface area contributed by atoms with Crippen molar-refractivity contribution in [2.45, 2.75) is 86.3 Å². The third-order valence-electron chi connectivity index (χ3n) is 12.2. The van der Waals surface area contributed by atoms with E-state index in [1.807, 2.05) is 0 Å². The number of phosphoric acid groups is 2. The molecular formula is C35H47N13O23P4. The Balaban J connectivity index is 0.856. The lowest BCUT2D eigenvalue weighted by molar-refractivity contribution is -0.0579. The number of nitrogen functional groups attached to an aromatic ring is 3. The Bertz CT molecular complexity index is 3360. The first kappa shape index (κ1) is 54.9. The SMILES string of the molecule is COC1C(OP(=O)(O)OCC2OC(n3cnc4c(=O)[nH]c(N)nc43)C(O)C2O)C(COP(=O)(O)CP(=O)(O)OP(=O)(O)OCC2OC(n3cc(C)c4c(=O)[nH]c(N)nc43)C(O)C2O)OC1C1C=Nc2c(N)ncnc21. The van der Waals surface area contributed by atoms with E-state index in [0.29, 0.717) is 5.56 Å². The van der Waals surface area contributed by atoms with Crippen LogP contribution in [0.3, 0.4) is 0 Å². The molecule has 9 heterocycles. The van der Waals surface area contributed by atoms with E-state index < -0.39 is 147 Å². The number of phosphoric ester groups is 2. The minimum absolute atomic E-state index is 0.0299. The third-order valence-corrected chi connectivity index (χ3v) is 18.9. The van der Waals surface area contributed by atoms with Gasteiger partial charge >= 0.3 is 30.8 Å². The molecule has 0 bridgehead atoms. The Labute approximate surface area is 417 Å². The molecule has 9 rings (SSSR count). The van der Waals surface area contributed by atoms with Crippen LogP contribution in [0.25, 0.3) is 22.2 Å². The molecule has 17 unspecified atom stereocenters. The molecule has 75 heavy (non-hydrogen) atoms. The number of nitrogens with one attached hydrogen (secondary N) is 2. The van der Waals surface area contributed by atoms with E-state index in [2.05, 4.69) is 44.2 Å². The molecular weight excluding hydrogens is 1090 g/mol. The maximum Gasteiger partial charge on any atom is 0.479 e. The number of imidazole rings is 1. The van der Waals surface area contributed by atoms with E-state index in [1.54, 1.807) is 6.92 Å². The minimum Gasteiger partial charge on any atom is -0.387 e. The summed E-state index contributed by atoms with van der Waals surface area (Å²) < 4.78 is 104. The van der Waals surface area contributed by atoms with Crippen molar-refractivity contribution in [3.63, 3.8) is 0 Å². The standard InChI is InChI=1S/C35H47N13O23P4/c1-11-4-47(28-16(11)30(53)45-34(37)43-28)32-22(51)20(49)14(68-32)6-66-75(61,62)71-73(57,58)10-72(55,56)64-7-15-25(26(63-2)24(67-15)12-3-39-18-17(12)40-8-41-27(18)36)70-74(59,60)65-5-13-21(50)23(52)33(69-13)48-9-42-19-29(48)44-35(38)46-31(19)54/h3-4,8-9,12-15,20-26,32-33,49-52H,5-7,10H2,1-2H3,(H,55,56)(H,57,58)(H,59,60)(H,61,62)(H2,36,40,41)(H3,37,43,45,53)(H3,38,44,46,54). The monoisotopic (exact) mass is 1140 g/mol. The summed E-state index contributed by atoms with van der Waals surface area (Å²) in [5, 5.41) is 43.3. The summed E-state index contributed by atoms with van der Waals surface area (Å²) in [5.41, 5.74) is 16.3. The van der Waals surface area contributed by atoms with E-state index in [-0.39, 0.29) is 51.3 Å². The summed E-state index contributed by atoms with van der Waals surface area (Å²) >= 11 is 0. The third kappa shape index (κ3) is 11.0. The van der Waals surface area contributed by atoms with Crippen molar-refractivity contribution < 1.29 is 99.6 Å². The van der Waals surface area contributed by atoms with Crippen LogP contribution in [0.2, 0.25) is 0 Å². The van der Waals surface area contributed by atoms with E-state index in [1.165, 1.54) is 17.0 Å². The molecule has 40 heteroatoms. The number of ether oxygens (including phenoxy) is 4. The van der Waals surface area contributed by atoms with Crippen LogP contribution in [0.5, 0.6) is 0 Å². The van der Waals surface area contributed by atoms with Gasteiger partial charge in [-0.3, -0.25) is 51.8 Å². The van der Waals surface area contributed by atoms with Gasteiger partial charge in [0, 0.05) is 19.5 Å². The van der Waals surface area contributed by atoms with Crippen molar-refractivity contribution in [1.29, 1.82) is 0 Å². The molecule has 410 valence electrons. The van der Waals surface area contributed by atoms with Gasteiger partial charge in [0.1, 0.15) is 73.1 Å². The Morgan fingerprint density at radius 3 is 1.97 bits per heavy atom. The highest BCUT2D eigenvalue weighted by atomic mass is 31.3. The molecule has 16 N–H and O–H groups in total. The molecule has 17 atom stereocenters. The zero-order valence-electron chi connectivity index (χ0n) is 38.4. The molecule has 0 radical (unpaired) electrons. The first-order valence-electron chi connectivity index (χ1n) is 21.7. The maximum absolute atomic E-state index is 13.7. The van der Waals surface area contributed by atoms with Gasteiger partial charge in [-0.15, -0.1) is 0 Å². The number of rotatable bonds is 19. The van der Waals surface area contributed by atoms with Crippen LogP contribution in [0, 0.1) is 6.92 Å². The molecule has 5 aromatic rings. The number of aromatic nitrogens is 9. The minimum atomic E-state index is -5.71. The number of hydrogen-bond donors (Lipinski definition) is 13. The molecule has 0 amide bonds. The zero-order chi connectivity index (χ0) is 54.3. The van der Waals surface area contributed by atoms with Gasteiger partial charge in [-0.05, 0) is 12.5 Å². The first-order valence-corrected chi connectivity index (χ1v) is 28.3. The quantitative estimate of drug-likeness (QED) is 0.0372. The summed E-state index contributed by atoms with van der Waals surface area (Å²) in [5.74, 6) is -3.46. The molecule has 3 fully saturated rings. The summed E-state index contributed by atoms with van der Waals surface area (Å²) in [4.78, 5) is 96.6. The van der Waals surface area contributed by atoms with Crippen molar-refractivity contribution in [2.24, 2.45) is 4.99 Å². The number of aliphatic imine (C=N–C) groups is 1. The second-order valence-electron chi connectivity index (χ2n) is 17.3. The number of aliphatic hydroxyl groups excluding tert-OH is 4. The van der Waals surface area contributed by atoms with Gasteiger partial charge in [0.05, 0.1) is 43.1 Å². The lowest BCUT2D eigenvalue weighted by Crippen LogP contribution is -2.40. The molecule has 0 spiro atoms. The molecule has 3 saturated heterocycles. The molecule has 0 aliphatic carbocycles. The number of aliphatic hydroxyl groups is 4. The number of hydrogen-bond acceptors (Lipinski definition) is 28. The highest BCUT2D eigenvalue weighted by Gasteiger charge is 2.55. The smallest absolute Gasteiger partial charge is 0.387 e. The predicted octanol–water partition coefficient (Wildman–Crippen LogP) is -2.80. The first-order chi connectivity index (χ1) is 35.2. The second kappa shape index (κ2) is 20.5. The van der Waals surface area contributed by atoms with E-state index >= 15 is 0 Å². The van der Waals surface area contributed by atoms with E-state index in [4.69, 9.17) is 54.2 Å². The number of aromatic amines is 2. The fraction of sp³-hybridized carbons (Fsp3) is 0.543. The van der Waals surface area contributed by atoms with Crippen LogP contribution in [0.1, 0.15) is 29.6 Å². The largest absolute Gasteiger partial charge is 0.479 e. The molecule has 4 aliphatic rings. The van der Waals surface area contributed by atoms with Crippen LogP contribution in [0.15, 0.2) is 33.4 Å². The highest BCUT2D eigenvalue weighted by molar-refractivity contribution is 7.74. The lowest BCUT2D eigenvalue weighted by atomic mass is 9.94. The van der Waals surface area contributed by atoms with Crippen LogP contribution < -0.4 is 28.3 Å². The highest BCUT2D eigenvalue weighted by Crippen LogP contribution is 2.66. The summed E-state index contributed by atoms with van der Waals surface area (Å²) in [7, 11) is -21.1. The van der Waals surface area contributed by atoms with Gasteiger partial charge < -0.3 is 85.2 Å². The maximum atomic E-state index is 13.7. The zero-order valence-corrected chi connectivity index (χ0v) is 42.0. The number of H-pyrrole nitrogens is 2. The van der Waals surface area contributed by atoms with Gasteiger partial charge in [-0.1, -0.05) is 0 Å². The fourth-order valence-electron chi connectivity index (χ4n) is 8.88. The van der Waals surface area contributed by atoms with Crippen LogP contribution in [-0.4, -0.2) is 184 Å². The Kier molecular flexibility index (Phi) is 15.0. The molecule has 4 aliphatic heterocycles. The number of fused-ring (bicyclic) bond motifs is 3. The van der Waals surface area contributed by atoms with E-state index in [0.717, 1.165) is 24.3 Å². The van der Waals surface area contributed by atoms with E-state index in [9.17, 15) is 67.8 Å². The van der Waals surface area contributed by atoms with Gasteiger partial charge in [-0.25, -0.2) is 28.4 Å². The fourth-order valence-corrected chi connectivity index (χ4v) is 14.8. The molecule has 0 saturated carbocycles. The summed E-state index contributed by atoms with van der Waals surface area (Å²) in [6, 6.07) is 0. The van der Waals surface area contributed by atoms with Crippen molar-refractivity contribution in [1.82, 2.24) is 44.0 Å². The summed E-state index contributed by atoms with van der Waals surface area (Å²) in [6.07, 6.45) is -14.6. The van der Waals surface area contributed by atoms with Crippen molar-refractivity contribution in [2.75, 3.05) is 50.0 Å². The van der Waals surface area contributed by atoms with Crippen LogP contribution >= 0.6 is 30.8 Å². The molecule has 36 nitrogen and oxygen atoms in total. The van der Waals surface area contributed by atoms with Gasteiger partial charge in [0.25, 0.3) is 11.1 Å². The van der Waals surface area contributed by atoms with Crippen molar-refractivity contribution in [3.05, 3.63) is 50.8 Å². The topological polar surface area (TPSA) is 544 Å². The van der Waals surface area contributed by atoms with Crippen molar-refractivity contribution in [3.8, 4) is 0 Å². The number of nitrogens with zero attached hydrogens (tertiary/aromatic N) is 8. The Morgan fingerprint density at radius 1 is 0.720 bits per heavy atom. The van der Waals surface area contributed by atoms with Crippen molar-refractivity contribution >= 4 is 82.7 Å². The average molecular weight is 1140 g/mol.